The van der Waals surface area contributed by atoms with E-state index in [0.29, 0.717) is 6.54 Å². The summed E-state index contributed by atoms with van der Waals surface area (Å²) in [5.41, 5.74) is 3.61. The number of rotatable bonds is 3. The minimum Gasteiger partial charge on any atom is -0.325 e. The van der Waals surface area contributed by atoms with Gasteiger partial charge in [-0.3, -0.25) is 9.69 Å². The number of amides is 1. The van der Waals surface area contributed by atoms with Gasteiger partial charge in [-0.05, 0) is 58.3 Å². The van der Waals surface area contributed by atoms with Crippen molar-refractivity contribution in [3.63, 3.8) is 0 Å². The lowest BCUT2D eigenvalue weighted by Crippen LogP contribution is -2.37. The molecule has 0 fully saturated rings. The van der Waals surface area contributed by atoms with Gasteiger partial charge >= 0.3 is 0 Å². The molecular formula is C17H17IN2O. The zero-order valence-corrected chi connectivity index (χ0v) is 13.8. The molecule has 0 radical (unpaired) electrons. The number of benzene rings is 2. The van der Waals surface area contributed by atoms with Crippen molar-refractivity contribution in [1.82, 2.24) is 4.90 Å². The SMILES string of the molecule is O=C(CN1CCc2ccccc2C1)Nc1cccc(I)c1. The molecule has 0 atom stereocenters. The van der Waals surface area contributed by atoms with Gasteiger partial charge in [-0.2, -0.15) is 0 Å². The van der Waals surface area contributed by atoms with Crippen LogP contribution in [0.3, 0.4) is 0 Å². The summed E-state index contributed by atoms with van der Waals surface area (Å²) >= 11 is 2.25. The van der Waals surface area contributed by atoms with E-state index < -0.39 is 0 Å². The van der Waals surface area contributed by atoms with E-state index in [9.17, 15) is 4.79 Å². The molecule has 2 aromatic rings. The van der Waals surface area contributed by atoms with Crippen LogP contribution < -0.4 is 5.32 Å². The number of hydrogen-bond acceptors (Lipinski definition) is 2. The molecule has 1 amide bonds. The quantitative estimate of drug-likeness (QED) is 0.814. The first kappa shape index (κ1) is 14.5. The van der Waals surface area contributed by atoms with Crippen molar-refractivity contribution >= 4 is 34.2 Å². The maximum absolute atomic E-state index is 12.1. The van der Waals surface area contributed by atoms with E-state index in [4.69, 9.17) is 0 Å². The van der Waals surface area contributed by atoms with Crippen LogP contribution in [-0.4, -0.2) is 23.9 Å². The topological polar surface area (TPSA) is 32.3 Å². The summed E-state index contributed by atoms with van der Waals surface area (Å²) in [4.78, 5) is 14.3. The van der Waals surface area contributed by atoms with E-state index in [1.54, 1.807) is 0 Å². The molecule has 0 aromatic heterocycles. The van der Waals surface area contributed by atoms with Crippen molar-refractivity contribution in [1.29, 1.82) is 0 Å². The summed E-state index contributed by atoms with van der Waals surface area (Å²) in [6.07, 6.45) is 1.02. The molecule has 0 aliphatic carbocycles. The molecular weight excluding hydrogens is 375 g/mol. The van der Waals surface area contributed by atoms with Crippen molar-refractivity contribution < 1.29 is 4.79 Å². The van der Waals surface area contributed by atoms with Gasteiger partial charge in [-0.25, -0.2) is 0 Å². The molecule has 4 heteroatoms. The Hall–Kier alpha value is -1.40. The Balaban J connectivity index is 1.59. The van der Waals surface area contributed by atoms with Crippen molar-refractivity contribution in [3.05, 3.63) is 63.2 Å². The smallest absolute Gasteiger partial charge is 0.238 e. The summed E-state index contributed by atoms with van der Waals surface area (Å²) in [5, 5.41) is 2.97. The number of carbonyl (C=O) groups is 1. The highest BCUT2D eigenvalue weighted by molar-refractivity contribution is 14.1. The first-order valence-electron chi connectivity index (χ1n) is 7.05. The van der Waals surface area contributed by atoms with Gasteiger partial charge in [-0.15, -0.1) is 0 Å². The van der Waals surface area contributed by atoms with Gasteiger partial charge in [0.25, 0.3) is 0 Å². The molecule has 1 N–H and O–H groups in total. The molecule has 0 unspecified atom stereocenters. The minimum absolute atomic E-state index is 0.0522. The number of nitrogens with zero attached hydrogens (tertiary/aromatic N) is 1. The van der Waals surface area contributed by atoms with Crippen LogP contribution in [0.1, 0.15) is 11.1 Å². The first-order valence-corrected chi connectivity index (χ1v) is 8.13. The highest BCUT2D eigenvalue weighted by Crippen LogP contribution is 2.18. The third-order valence-corrected chi connectivity index (χ3v) is 4.36. The van der Waals surface area contributed by atoms with Crippen molar-refractivity contribution in [3.8, 4) is 0 Å². The molecule has 0 spiro atoms. The lowest BCUT2D eigenvalue weighted by molar-refractivity contribution is -0.117. The second kappa shape index (κ2) is 6.58. The van der Waals surface area contributed by atoms with E-state index in [0.717, 1.165) is 28.8 Å². The molecule has 1 heterocycles. The van der Waals surface area contributed by atoms with Crippen molar-refractivity contribution in [2.45, 2.75) is 13.0 Å². The zero-order valence-electron chi connectivity index (χ0n) is 11.7. The summed E-state index contributed by atoms with van der Waals surface area (Å²) in [7, 11) is 0. The molecule has 0 bridgehead atoms. The number of fused-ring (bicyclic) bond motifs is 1. The highest BCUT2D eigenvalue weighted by Gasteiger charge is 2.17. The largest absolute Gasteiger partial charge is 0.325 e. The minimum atomic E-state index is 0.0522. The van der Waals surface area contributed by atoms with Crippen LogP contribution in [0.2, 0.25) is 0 Å². The van der Waals surface area contributed by atoms with Crippen LogP contribution in [0, 0.1) is 3.57 Å². The monoisotopic (exact) mass is 392 g/mol. The second-order valence-corrected chi connectivity index (χ2v) is 6.53. The molecule has 3 rings (SSSR count). The Morgan fingerprint density at radius 3 is 2.76 bits per heavy atom. The van der Waals surface area contributed by atoms with Crippen LogP contribution in [-0.2, 0) is 17.8 Å². The molecule has 0 saturated heterocycles. The predicted octanol–water partition coefficient (Wildman–Crippen LogP) is 3.29. The van der Waals surface area contributed by atoms with Crippen molar-refractivity contribution in [2.24, 2.45) is 0 Å². The number of anilines is 1. The second-order valence-electron chi connectivity index (χ2n) is 5.29. The fourth-order valence-electron chi connectivity index (χ4n) is 2.66. The molecule has 1 aliphatic rings. The van der Waals surface area contributed by atoms with Gasteiger partial charge in [0.1, 0.15) is 0 Å². The summed E-state index contributed by atoms with van der Waals surface area (Å²) in [5.74, 6) is 0.0522. The number of hydrogen-bond donors (Lipinski definition) is 1. The molecule has 21 heavy (non-hydrogen) atoms. The predicted molar refractivity (Wildman–Crippen MR) is 93.2 cm³/mol. The van der Waals surface area contributed by atoms with Crippen LogP contribution in [0.4, 0.5) is 5.69 Å². The van der Waals surface area contributed by atoms with E-state index in [1.165, 1.54) is 11.1 Å². The van der Waals surface area contributed by atoms with Crippen LogP contribution in [0.25, 0.3) is 0 Å². The van der Waals surface area contributed by atoms with Gasteiger partial charge in [-0.1, -0.05) is 30.3 Å². The Kier molecular flexibility index (Phi) is 4.55. The van der Waals surface area contributed by atoms with E-state index >= 15 is 0 Å². The average molecular weight is 392 g/mol. The van der Waals surface area contributed by atoms with Gasteiger partial charge in [0, 0.05) is 22.3 Å². The van der Waals surface area contributed by atoms with Crippen molar-refractivity contribution in [2.75, 3.05) is 18.4 Å². The average Bonchev–Trinajstić information content (AvgIpc) is 2.47. The highest BCUT2D eigenvalue weighted by atomic mass is 127. The van der Waals surface area contributed by atoms with Gasteiger partial charge in [0.05, 0.1) is 6.54 Å². The Bertz CT molecular complexity index is 657. The molecule has 3 nitrogen and oxygen atoms in total. The Morgan fingerprint density at radius 2 is 1.95 bits per heavy atom. The standard InChI is InChI=1S/C17H17IN2O/c18-15-6-3-7-16(10-15)19-17(21)12-20-9-8-13-4-1-2-5-14(13)11-20/h1-7,10H,8-9,11-12H2,(H,19,21). The van der Waals surface area contributed by atoms with E-state index in [-0.39, 0.29) is 5.91 Å². The lowest BCUT2D eigenvalue weighted by atomic mass is 10.00. The van der Waals surface area contributed by atoms with E-state index in [1.807, 2.05) is 24.3 Å². The Morgan fingerprint density at radius 1 is 1.14 bits per heavy atom. The van der Waals surface area contributed by atoms with Crippen LogP contribution >= 0.6 is 22.6 Å². The zero-order chi connectivity index (χ0) is 14.7. The third-order valence-electron chi connectivity index (χ3n) is 3.69. The fraction of sp³-hybridized carbons (Fsp3) is 0.235. The normalized spacial score (nSPS) is 14.5. The molecule has 1 aliphatic heterocycles. The number of carbonyl (C=O) groups excluding carboxylic acids is 1. The number of halogens is 1. The van der Waals surface area contributed by atoms with Crippen LogP contribution in [0.5, 0.6) is 0 Å². The third kappa shape index (κ3) is 3.83. The van der Waals surface area contributed by atoms with Crippen LogP contribution in [0.15, 0.2) is 48.5 Å². The number of nitrogens with one attached hydrogen (secondary N) is 1. The molecule has 0 saturated carbocycles. The van der Waals surface area contributed by atoms with Gasteiger partial charge in [0.15, 0.2) is 0 Å². The molecule has 2 aromatic carbocycles. The maximum Gasteiger partial charge on any atom is 0.238 e. The fourth-order valence-corrected chi connectivity index (χ4v) is 3.20. The lowest BCUT2D eigenvalue weighted by Gasteiger charge is -2.28. The van der Waals surface area contributed by atoms with E-state index in [2.05, 4.69) is 57.1 Å². The Labute approximate surface area is 138 Å². The summed E-state index contributed by atoms with van der Waals surface area (Å²) in [6, 6.07) is 16.3. The summed E-state index contributed by atoms with van der Waals surface area (Å²) < 4.78 is 1.12. The summed E-state index contributed by atoms with van der Waals surface area (Å²) in [6.45, 7) is 2.24. The molecule has 108 valence electrons. The van der Waals surface area contributed by atoms with Gasteiger partial charge in [0.2, 0.25) is 5.91 Å². The first-order chi connectivity index (χ1) is 10.2. The maximum atomic E-state index is 12.1. The van der Waals surface area contributed by atoms with Gasteiger partial charge < -0.3 is 5.32 Å².